The molecule has 5 heteroatoms. The second-order valence-corrected chi connectivity index (χ2v) is 2.82. The molecule has 0 saturated heterocycles. The van der Waals surface area contributed by atoms with Crippen molar-refractivity contribution in [3.05, 3.63) is 24.3 Å². The van der Waals surface area contributed by atoms with Crippen LogP contribution in [-0.2, 0) is 4.65 Å². The number of aliphatic hydroxyl groups is 1. The molecule has 0 spiro atoms. The summed E-state index contributed by atoms with van der Waals surface area (Å²) >= 11 is 4.14. The molecule has 0 aliphatic rings. The Morgan fingerprint density at radius 2 is 2.31 bits per heavy atom. The lowest BCUT2D eigenvalue weighted by Gasteiger charge is -2.04. The van der Waals surface area contributed by atoms with Crippen molar-refractivity contribution in [2.24, 2.45) is 0 Å². The van der Waals surface area contributed by atoms with Gasteiger partial charge in [0.2, 0.25) is 0 Å². The Labute approximate surface area is 83.4 Å². The Morgan fingerprint density at radius 3 is 3.00 bits per heavy atom. The van der Waals surface area contributed by atoms with Gasteiger partial charge in [-0.25, -0.2) is 0 Å². The predicted molar refractivity (Wildman–Crippen MR) is 53.1 cm³/mol. The highest BCUT2D eigenvalue weighted by Gasteiger charge is 1.97. The highest BCUT2D eigenvalue weighted by molar-refractivity contribution is 7.80. The van der Waals surface area contributed by atoms with E-state index in [9.17, 15) is 0 Å². The number of hydrogen-bond donors (Lipinski definition) is 2. The first-order chi connectivity index (χ1) is 6.33. The first-order valence-corrected chi connectivity index (χ1v) is 4.27. The van der Waals surface area contributed by atoms with Crippen LogP contribution in [0, 0.1) is 0 Å². The molecule has 0 unspecified atom stereocenters. The molecule has 1 aromatic rings. The maximum atomic E-state index is 8.39. The Balaban J connectivity index is 2.28. The minimum absolute atomic E-state index is 0.0214. The molecular weight excluding hydrogens is 187 g/mol. The van der Waals surface area contributed by atoms with E-state index in [0.29, 0.717) is 5.75 Å². The van der Waals surface area contributed by atoms with E-state index in [1.807, 2.05) is 12.1 Å². The van der Waals surface area contributed by atoms with Gasteiger partial charge in [0.15, 0.2) is 0 Å². The molecule has 13 heavy (non-hydrogen) atoms. The monoisotopic (exact) mass is 197 g/mol. The standard InChI is InChI=1S/C8H10BO3S/c10-4-5-11-9-12-7-2-1-3-8(13)6-7/h1-3,6,10,13H,4-5H2. The van der Waals surface area contributed by atoms with Gasteiger partial charge in [-0.2, -0.15) is 0 Å². The zero-order chi connectivity index (χ0) is 9.52. The molecule has 0 amide bonds. The predicted octanol–water partition coefficient (Wildman–Crippen LogP) is 0.897. The highest BCUT2D eigenvalue weighted by atomic mass is 32.1. The van der Waals surface area contributed by atoms with E-state index >= 15 is 0 Å². The van der Waals surface area contributed by atoms with Crippen molar-refractivity contribution in [3.8, 4) is 5.75 Å². The number of aliphatic hydroxyl groups excluding tert-OH is 1. The topological polar surface area (TPSA) is 38.7 Å². The smallest absolute Gasteiger partial charge is 0.537 e. The Bertz CT molecular complexity index is 257. The normalized spacial score (nSPS) is 9.69. The van der Waals surface area contributed by atoms with E-state index < -0.39 is 0 Å². The molecule has 0 saturated carbocycles. The summed E-state index contributed by atoms with van der Waals surface area (Å²) in [7, 11) is 1.19. The van der Waals surface area contributed by atoms with Gasteiger partial charge in [-0.05, 0) is 18.2 Å². The minimum Gasteiger partial charge on any atom is -0.537 e. The molecule has 0 atom stereocenters. The van der Waals surface area contributed by atoms with Crippen molar-refractivity contribution in [2.75, 3.05) is 13.2 Å². The molecule has 69 valence electrons. The van der Waals surface area contributed by atoms with Gasteiger partial charge >= 0.3 is 7.69 Å². The van der Waals surface area contributed by atoms with Crippen molar-refractivity contribution in [1.29, 1.82) is 0 Å². The van der Waals surface area contributed by atoms with E-state index in [-0.39, 0.29) is 13.2 Å². The summed E-state index contributed by atoms with van der Waals surface area (Å²) in [5.74, 6) is 0.658. The van der Waals surface area contributed by atoms with Gasteiger partial charge in [0, 0.05) is 4.90 Å². The summed E-state index contributed by atoms with van der Waals surface area (Å²) in [6, 6.07) is 7.24. The fourth-order valence-corrected chi connectivity index (χ4v) is 0.961. The number of thiol groups is 1. The van der Waals surface area contributed by atoms with Crippen LogP contribution in [0.3, 0.4) is 0 Å². The highest BCUT2D eigenvalue weighted by Crippen LogP contribution is 2.14. The van der Waals surface area contributed by atoms with Crippen molar-refractivity contribution < 1.29 is 14.4 Å². The van der Waals surface area contributed by atoms with Crippen LogP contribution in [0.2, 0.25) is 0 Å². The van der Waals surface area contributed by atoms with E-state index in [1.54, 1.807) is 12.1 Å². The van der Waals surface area contributed by atoms with Gasteiger partial charge in [0.25, 0.3) is 0 Å². The van der Waals surface area contributed by atoms with Crippen LogP contribution in [0.15, 0.2) is 29.2 Å². The van der Waals surface area contributed by atoms with Gasteiger partial charge in [-0.1, -0.05) is 6.07 Å². The Kier molecular flexibility index (Phi) is 4.74. The van der Waals surface area contributed by atoms with Gasteiger partial charge < -0.3 is 14.4 Å². The second kappa shape index (κ2) is 5.91. The lowest BCUT2D eigenvalue weighted by molar-refractivity contribution is 0.192. The van der Waals surface area contributed by atoms with Crippen LogP contribution >= 0.6 is 12.6 Å². The summed E-state index contributed by atoms with van der Waals surface area (Å²) in [6.45, 7) is 0.215. The fourth-order valence-electron chi connectivity index (χ4n) is 0.747. The fraction of sp³-hybridized carbons (Fsp3) is 0.250. The minimum atomic E-state index is -0.0214. The van der Waals surface area contributed by atoms with Crippen LogP contribution in [0.25, 0.3) is 0 Å². The maximum absolute atomic E-state index is 8.39. The molecule has 0 aromatic heterocycles. The van der Waals surface area contributed by atoms with Crippen LogP contribution < -0.4 is 4.65 Å². The summed E-state index contributed by atoms with van der Waals surface area (Å²) < 4.78 is 9.89. The van der Waals surface area contributed by atoms with Crippen molar-refractivity contribution in [2.45, 2.75) is 4.90 Å². The van der Waals surface area contributed by atoms with Gasteiger partial charge in [0.05, 0.1) is 13.2 Å². The van der Waals surface area contributed by atoms with Gasteiger partial charge in [-0.15, -0.1) is 12.6 Å². The van der Waals surface area contributed by atoms with E-state index in [0.717, 1.165) is 4.90 Å². The summed E-state index contributed by atoms with van der Waals surface area (Å²) in [4.78, 5) is 0.827. The number of hydrogen-bond acceptors (Lipinski definition) is 4. The van der Waals surface area contributed by atoms with Crippen molar-refractivity contribution >= 4 is 20.3 Å². The van der Waals surface area contributed by atoms with E-state index in [2.05, 4.69) is 12.6 Å². The summed E-state index contributed by atoms with van der Waals surface area (Å²) in [5.41, 5.74) is 0. The Hall–Kier alpha value is -0.645. The molecule has 0 aliphatic carbocycles. The quantitative estimate of drug-likeness (QED) is 0.418. The molecule has 1 rings (SSSR count). The first-order valence-electron chi connectivity index (χ1n) is 3.83. The largest absolute Gasteiger partial charge is 0.572 e. The second-order valence-electron chi connectivity index (χ2n) is 2.31. The molecule has 1 N–H and O–H groups in total. The van der Waals surface area contributed by atoms with Gasteiger partial charge in [0.1, 0.15) is 5.75 Å². The van der Waals surface area contributed by atoms with Crippen molar-refractivity contribution in [3.63, 3.8) is 0 Å². The molecule has 0 aliphatic heterocycles. The Morgan fingerprint density at radius 1 is 1.46 bits per heavy atom. The summed E-state index contributed by atoms with van der Waals surface area (Å²) in [6.07, 6.45) is 0. The third-order valence-electron chi connectivity index (χ3n) is 1.28. The van der Waals surface area contributed by atoms with Crippen molar-refractivity contribution in [1.82, 2.24) is 0 Å². The third kappa shape index (κ3) is 4.21. The number of rotatable bonds is 5. The average molecular weight is 197 g/mol. The van der Waals surface area contributed by atoms with Crippen LogP contribution in [0.5, 0.6) is 5.75 Å². The third-order valence-corrected chi connectivity index (χ3v) is 1.56. The molecule has 1 radical (unpaired) electrons. The molecule has 0 bridgehead atoms. The average Bonchev–Trinajstić information content (AvgIpc) is 2.13. The molecule has 1 aromatic carbocycles. The van der Waals surface area contributed by atoms with Crippen LogP contribution in [0.1, 0.15) is 0 Å². The summed E-state index contributed by atoms with van der Waals surface area (Å²) in [5, 5.41) is 8.39. The SMILES string of the molecule is OCCO[B]Oc1cccc(S)c1. The lowest BCUT2D eigenvalue weighted by Crippen LogP contribution is -2.10. The zero-order valence-corrected chi connectivity index (χ0v) is 7.91. The maximum Gasteiger partial charge on any atom is 0.572 e. The van der Waals surface area contributed by atoms with Gasteiger partial charge in [-0.3, -0.25) is 0 Å². The molecule has 0 fully saturated rings. The molecule has 3 nitrogen and oxygen atoms in total. The van der Waals surface area contributed by atoms with E-state index in [4.69, 9.17) is 14.4 Å². The molecule has 0 heterocycles. The molecular formula is C8H10BO3S. The zero-order valence-electron chi connectivity index (χ0n) is 7.01. The van der Waals surface area contributed by atoms with E-state index in [1.165, 1.54) is 7.69 Å². The van der Waals surface area contributed by atoms with Crippen LogP contribution in [-0.4, -0.2) is 26.0 Å². The lowest BCUT2D eigenvalue weighted by atomic mass is 10.3. The first kappa shape index (κ1) is 10.4. The van der Waals surface area contributed by atoms with Crippen LogP contribution in [0.4, 0.5) is 0 Å². The number of benzene rings is 1.